The van der Waals surface area contributed by atoms with Gasteiger partial charge in [-0.15, -0.1) is 0 Å². The molecule has 0 unspecified atom stereocenters. The first kappa shape index (κ1) is 13.5. The van der Waals surface area contributed by atoms with Crippen LogP contribution in [0.15, 0.2) is 12.1 Å². The second-order valence-corrected chi connectivity index (χ2v) is 5.80. The predicted octanol–water partition coefficient (Wildman–Crippen LogP) is 3.95. The summed E-state index contributed by atoms with van der Waals surface area (Å²) >= 11 is 5.85. The van der Waals surface area contributed by atoms with E-state index in [0.29, 0.717) is 16.7 Å². The molecular formula is C14H22ClN3. The Morgan fingerprint density at radius 1 is 1.33 bits per heavy atom. The van der Waals surface area contributed by atoms with E-state index in [0.717, 1.165) is 18.4 Å². The highest BCUT2D eigenvalue weighted by Crippen LogP contribution is 2.30. The van der Waals surface area contributed by atoms with Crippen LogP contribution in [0.5, 0.6) is 0 Å². The fourth-order valence-corrected chi connectivity index (χ4v) is 2.75. The van der Waals surface area contributed by atoms with Crippen LogP contribution < -0.4 is 11.1 Å². The number of halogens is 1. The van der Waals surface area contributed by atoms with Crippen LogP contribution in [-0.2, 0) is 0 Å². The van der Waals surface area contributed by atoms with Crippen molar-refractivity contribution in [2.24, 2.45) is 11.8 Å². The molecule has 1 aliphatic carbocycles. The largest absolute Gasteiger partial charge is 0.396 e. The number of nitrogens with two attached hydrogens (primary N) is 1. The van der Waals surface area contributed by atoms with Crippen LogP contribution in [0.3, 0.4) is 0 Å². The third kappa shape index (κ3) is 3.77. The number of nitrogen functional groups attached to an aromatic ring is 1. The zero-order valence-corrected chi connectivity index (χ0v) is 11.7. The average molecular weight is 268 g/mol. The van der Waals surface area contributed by atoms with Crippen LogP contribution in [0.4, 0.5) is 11.5 Å². The molecule has 0 amide bonds. The van der Waals surface area contributed by atoms with Crippen molar-refractivity contribution in [1.29, 1.82) is 0 Å². The number of rotatable bonds is 4. The molecule has 4 heteroatoms. The Morgan fingerprint density at radius 2 is 2.06 bits per heavy atom. The van der Waals surface area contributed by atoms with E-state index >= 15 is 0 Å². The van der Waals surface area contributed by atoms with Gasteiger partial charge in [0.2, 0.25) is 0 Å². The second-order valence-electron chi connectivity index (χ2n) is 5.41. The Balaban J connectivity index is 1.76. The van der Waals surface area contributed by atoms with Gasteiger partial charge in [-0.05, 0) is 30.4 Å². The van der Waals surface area contributed by atoms with Gasteiger partial charge in [0.15, 0.2) is 5.82 Å². The SMILES string of the molecule is CC1CCC(CCNc2nc(Cl)ccc2N)CC1. The molecule has 1 aliphatic rings. The van der Waals surface area contributed by atoms with Crippen LogP contribution in [0, 0.1) is 11.8 Å². The topological polar surface area (TPSA) is 50.9 Å². The maximum atomic E-state index is 5.85. The maximum absolute atomic E-state index is 5.85. The molecule has 0 aromatic carbocycles. The Morgan fingerprint density at radius 3 is 2.78 bits per heavy atom. The first-order valence-electron chi connectivity index (χ1n) is 6.81. The molecule has 1 aromatic rings. The van der Waals surface area contributed by atoms with Crippen molar-refractivity contribution in [2.75, 3.05) is 17.6 Å². The monoisotopic (exact) mass is 267 g/mol. The number of hydrogen-bond donors (Lipinski definition) is 2. The molecule has 0 bridgehead atoms. The summed E-state index contributed by atoms with van der Waals surface area (Å²) in [6, 6.07) is 3.50. The van der Waals surface area contributed by atoms with Gasteiger partial charge in [-0.2, -0.15) is 0 Å². The highest BCUT2D eigenvalue weighted by Gasteiger charge is 2.17. The van der Waals surface area contributed by atoms with E-state index in [1.54, 1.807) is 12.1 Å². The number of anilines is 2. The summed E-state index contributed by atoms with van der Waals surface area (Å²) in [7, 11) is 0. The van der Waals surface area contributed by atoms with E-state index < -0.39 is 0 Å². The molecule has 0 spiro atoms. The molecule has 3 nitrogen and oxygen atoms in total. The molecule has 0 saturated heterocycles. The quantitative estimate of drug-likeness (QED) is 0.813. The summed E-state index contributed by atoms with van der Waals surface area (Å²) in [5.74, 6) is 2.49. The molecular weight excluding hydrogens is 246 g/mol. The molecule has 0 aliphatic heterocycles. The van der Waals surface area contributed by atoms with Gasteiger partial charge in [0.1, 0.15) is 5.15 Å². The van der Waals surface area contributed by atoms with Gasteiger partial charge in [0, 0.05) is 6.54 Å². The summed E-state index contributed by atoms with van der Waals surface area (Å²) in [6.45, 7) is 3.28. The standard InChI is InChI=1S/C14H22ClN3/c1-10-2-4-11(5-3-10)8-9-17-14-12(16)6-7-13(15)18-14/h6-7,10-11H,2-5,8-9,16H2,1H3,(H,17,18). The molecule has 18 heavy (non-hydrogen) atoms. The van der Waals surface area contributed by atoms with Crippen LogP contribution in [-0.4, -0.2) is 11.5 Å². The number of pyridine rings is 1. The molecule has 1 aromatic heterocycles. The van der Waals surface area contributed by atoms with Gasteiger partial charge >= 0.3 is 0 Å². The number of nitrogens with zero attached hydrogens (tertiary/aromatic N) is 1. The normalized spacial score (nSPS) is 23.9. The summed E-state index contributed by atoms with van der Waals surface area (Å²) in [5.41, 5.74) is 6.51. The minimum Gasteiger partial charge on any atom is -0.396 e. The lowest BCUT2D eigenvalue weighted by molar-refractivity contribution is 0.282. The van der Waals surface area contributed by atoms with Gasteiger partial charge in [0.05, 0.1) is 5.69 Å². The lowest BCUT2D eigenvalue weighted by Crippen LogP contribution is -2.16. The third-order valence-corrected chi connectivity index (χ3v) is 4.08. The zero-order valence-electron chi connectivity index (χ0n) is 11.0. The highest BCUT2D eigenvalue weighted by atomic mass is 35.5. The first-order valence-corrected chi connectivity index (χ1v) is 7.19. The van der Waals surface area contributed by atoms with Crippen LogP contribution in [0.2, 0.25) is 5.15 Å². The summed E-state index contributed by atoms with van der Waals surface area (Å²) in [4.78, 5) is 4.20. The van der Waals surface area contributed by atoms with Crippen molar-refractivity contribution in [1.82, 2.24) is 4.98 Å². The van der Waals surface area contributed by atoms with Gasteiger partial charge < -0.3 is 11.1 Å². The van der Waals surface area contributed by atoms with Crippen molar-refractivity contribution in [2.45, 2.75) is 39.0 Å². The van der Waals surface area contributed by atoms with Crippen LogP contribution in [0.1, 0.15) is 39.0 Å². The fourth-order valence-electron chi connectivity index (χ4n) is 2.60. The Hall–Kier alpha value is -0.960. The van der Waals surface area contributed by atoms with E-state index in [1.807, 2.05) is 0 Å². The van der Waals surface area contributed by atoms with Crippen molar-refractivity contribution in [3.8, 4) is 0 Å². The third-order valence-electron chi connectivity index (χ3n) is 3.87. The van der Waals surface area contributed by atoms with Crippen molar-refractivity contribution >= 4 is 23.1 Å². The summed E-state index contributed by atoms with van der Waals surface area (Å²) in [5, 5.41) is 3.78. The van der Waals surface area contributed by atoms with Crippen molar-refractivity contribution in [3.05, 3.63) is 17.3 Å². The summed E-state index contributed by atoms with van der Waals surface area (Å²) in [6.07, 6.45) is 6.67. The van der Waals surface area contributed by atoms with Gasteiger partial charge in [-0.25, -0.2) is 4.98 Å². The van der Waals surface area contributed by atoms with E-state index in [2.05, 4.69) is 17.2 Å². The number of nitrogens with one attached hydrogen (secondary N) is 1. The molecule has 100 valence electrons. The van der Waals surface area contributed by atoms with E-state index in [1.165, 1.54) is 32.1 Å². The molecule has 1 saturated carbocycles. The van der Waals surface area contributed by atoms with Crippen molar-refractivity contribution in [3.63, 3.8) is 0 Å². The highest BCUT2D eigenvalue weighted by molar-refractivity contribution is 6.29. The smallest absolute Gasteiger partial charge is 0.150 e. The minimum absolute atomic E-state index is 0.484. The summed E-state index contributed by atoms with van der Waals surface area (Å²) < 4.78 is 0. The van der Waals surface area contributed by atoms with Crippen LogP contribution in [0.25, 0.3) is 0 Å². The van der Waals surface area contributed by atoms with Gasteiger partial charge in [-0.1, -0.05) is 44.2 Å². The van der Waals surface area contributed by atoms with Crippen molar-refractivity contribution < 1.29 is 0 Å². The lowest BCUT2D eigenvalue weighted by atomic mass is 9.81. The minimum atomic E-state index is 0.484. The van der Waals surface area contributed by atoms with Gasteiger partial charge in [0.25, 0.3) is 0 Å². The molecule has 1 heterocycles. The maximum Gasteiger partial charge on any atom is 0.150 e. The lowest BCUT2D eigenvalue weighted by Gasteiger charge is -2.26. The van der Waals surface area contributed by atoms with E-state index in [4.69, 9.17) is 17.3 Å². The Bertz CT molecular complexity index is 387. The predicted molar refractivity (Wildman–Crippen MR) is 77.9 cm³/mol. The second kappa shape index (κ2) is 6.28. The molecule has 0 radical (unpaired) electrons. The van der Waals surface area contributed by atoms with E-state index in [-0.39, 0.29) is 0 Å². The Labute approximate surface area is 114 Å². The number of aromatic nitrogens is 1. The molecule has 0 atom stereocenters. The fraction of sp³-hybridized carbons (Fsp3) is 0.643. The van der Waals surface area contributed by atoms with Crippen LogP contribution >= 0.6 is 11.6 Å². The first-order chi connectivity index (χ1) is 8.65. The van der Waals surface area contributed by atoms with E-state index in [9.17, 15) is 0 Å². The molecule has 2 rings (SSSR count). The molecule has 1 fully saturated rings. The zero-order chi connectivity index (χ0) is 13.0. The van der Waals surface area contributed by atoms with Gasteiger partial charge in [-0.3, -0.25) is 0 Å². The average Bonchev–Trinajstić information content (AvgIpc) is 2.36. The molecule has 3 N–H and O–H groups in total. The number of hydrogen-bond acceptors (Lipinski definition) is 3. The Kier molecular flexibility index (Phi) is 4.70.